The van der Waals surface area contributed by atoms with E-state index in [1.54, 1.807) is 84.8 Å². The minimum Gasteiger partial charge on any atom is -0.497 e. The third-order valence-corrected chi connectivity index (χ3v) is 7.39. The van der Waals surface area contributed by atoms with Crippen molar-refractivity contribution in [2.45, 2.75) is 32.9 Å². The summed E-state index contributed by atoms with van der Waals surface area (Å²) >= 11 is 0. The van der Waals surface area contributed by atoms with Gasteiger partial charge in [0.1, 0.15) is 18.9 Å². The second-order valence-electron chi connectivity index (χ2n) is 10.7. The van der Waals surface area contributed by atoms with Crippen molar-refractivity contribution in [3.63, 3.8) is 0 Å². The van der Waals surface area contributed by atoms with Gasteiger partial charge in [-0.15, -0.1) is 0 Å². The second-order valence-corrected chi connectivity index (χ2v) is 10.7. The fourth-order valence-corrected chi connectivity index (χ4v) is 5.25. The van der Waals surface area contributed by atoms with E-state index in [4.69, 9.17) is 9.47 Å². The van der Waals surface area contributed by atoms with Crippen LogP contribution in [-0.4, -0.2) is 43.4 Å². The van der Waals surface area contributed by atoms with Gasteiger partial charge in [0.25, 0.3) is 0 Å². The van der Waals surface area contributed by atoms with Crippen molar-refractivity contribution in [1.29, 1.82) is 0 Å². The Morgan fingerprint density at radius 3 is 1.98 bits per heavy atom. The summed E-state index contributed by atoms with van der Waals surface area (Å²) < 4.78 is 10.7. The van der Waals surface area contributed by atoms with E-state index in [0.717, 1.165) is 5.56 Å². The lowest BCUT2D eigenvalue weighted by molar-refractivity contribution is -0.146. The maximum atomic E-state index is 14.3. The quantitative estimate of drug-likeness (QED) is 0.211. The van der Waals surface area contributed by atoms with Crippen LogP contribution in [0.4, 0.5) is 22.7 Å². The summed E-state index contributed by atoms with van der Waals surface area (Å²) in [4.78, 5) is 59.9. The van der Waals surface area contributed by atoms with Crippen LogP contribution < -0.4 is 19.4 Å². The van der Waals surface area contributed by atoms with Gasteiger partial charge in [-0.1, -0.05) is 60.7 Å². The number of nitrogens with zero attached hydrogens (tertiary/aromatic N) is 3. The Hall–Kier alpha value is -5.44. The zero-order chi connectivity index (χ0) is 31.9. The number of benzene rings is 4. The summed E-state index contributed by atoms with van der Waals surface area (Å²) in [5.74, 6) is -2.17. The van der Waals surface area contributed by atoms with Gasteiger partial charge in [-0.2, -0.15) is 0 Å². The molecule has 0 spiro atoms. The largest absolute Gasteiger partial charge is 0.497 e. The van der Waals surface area contributed by atoms with Crippen LogP contribution >= 0.6 is 0 Å². The van der Waals surface area contributed by atoms with Crippen LogP contribution in [0.25, 0.3) is 0 Å². The fourth-order valence-electron chi connectivity index (χ4n) is 5.25. The molecule has 0 atom stereocenters. The molecule has 0 saturated carbocycles. The average molecular weight is 605 g/mol. The highest BCUT2D eigenvalue weighted by Gasteiger charge is 2.44. The summed E-state index contributed by atoms with van der Waals surface area (Å²) in [6.07, 6.45) is -0.571. The van der Waals surface area contributed by atoms with Gasteiger partial charge in [-0.25, -0.2) is 0 Å². The first-order chi connectivity index (χ1) is 21.8. The molecular formula is C36H34N3O6. The van der Waals surface area contributed by atoms with E-state index in [0.29, 0.717) is 28.5 Å². The second kappa shape index (κ2) is 13.9. The molecular weight excluding hydrogens is 570 g/mol. The highest BCUT2D eigenvalue weighted by atomic mass is 16.5. The molecule has 0 N–H and O–H groups in total. The Labute approximate surface area is 262 Å². The lowest BCUT2D eigenvalue weighted by Gasteiger charge is -2.31. The van der Waals surface area contributed by atoms with Crippen LogP contribution in [-0.2, 0) is 30.5 Å². The fraction of sp³-hybridized carbons (Fsp3) is 0.194. The van der Waals surface area contributed by atoms with Gasteiger partial charge in [0.15, 0.2) is 5.92 Å². The van der Waals surface area contributed by atoms with Crippen LogP contribution in [0.1, 0.15) is 25.8 Å². The molecule has 1 aliphatic heterocycles. The maximum Gasteiger partial charge on any atom is 0.307 e. The molecule has 4 aromatic carbocycles. The van der Waals surface area contributed by atoms with Gasteiger partial charge in [-0.3, -0.25) is 29.0 Å². The lowest BCUT2D eigenvalue weighted by Crippen LogP contribution is -2.48. The van der Waals surface area contributed by atoms with Crippen molar-refractivity contribution in [2.75, 3.05) is 28.4 Å². The van der Waals surface area contributed by atoms with Gasteiger partial charge in [-0.05, 0) is 67.9 Å². The molecule has 3 amide bonds. The minimum absolute atomic E-state index is 0.00856. The molecule has 1 heterocycles. The van der Waals surface area contributed by atoms with Crippen molar-refractivity contribution < 1.29 is 28.7 Å². The zero-order valence-electron chi connectivity index (χ0n) is 25.4. The molecule has 0 aromatic heterocycles. The van der Waals surface area contributed by atoms with Gasteiger partial charge in [0, 0.05) is 17.4 Å². The molecule has 229 valence electrons. The van der Waals surface area contributed by atoms with Crippen molar-refractivity contribution in [1.82, 2.24) is 0 Å². The van der Waals surface area contributed by atoms with Crippen LogP contribution in [0.5, 0.6) is 5.75 Å². The van der Waals surface area contributed by atoms with Gasteiger partial charge in [0.2, 0.25) is 17.7 Å². The molecule has 5 rings (SSSR count). The maximum absolute atomic E-state index is 14.3. The molecule has 1 aliphatic rings. The molecule has 0 aliphatic carbocycles. The number of esters is 1. The van der Waals surface area contributed by atoms with E-state index in [1.807, 2.05) is 50.2 Å². The third kappa shape index (κ3) is 6.88. The predicted octanol–water partition coefficient (Wildman–Crippen LogP) is 5.86. The Bertz CT molecular complexity index is 1660. The molecule has 0 fully saturated rings. The van der Waals surface area contributed by atoms with Crippen LogP contribution in [0, 0.1) is 5.92 Å². The van der Waals surface area contributed by atoms with E-state index in [9.17, 15) is 19.2 Å². The summed E-state index contributed by atoms with van der Waals surface area (Å²) in [5.41, 5.74) is 2.67. The van der Waals surface area contributed by atoms with Gasteiger partial charge >= 0.3 is 5.97 Å². The van der Waals surface area contributed by atoms with E-state index in [-0.39, 0.29) is 31.0 Å². The molecule has 0 unspecified atom stereocenters. The molecule has 9 nitrogen and oxygen atoms in total. The van der Waals surface area contributed by atoms with E-state index in [2.05, 4.69) is 0 Å². The monoisotopic (exact) mass is 604 g/mol. The number of para-hydroxylation sites is 3. The number of amides is 3. The number of hydrogen-bond acceptors (Lipinski definition) is 6. The Morgan fingerprint density at radius 2 is 1.36 bits per heavy atom. The summed E-state index contributed by atoms with van der Waals surface area (Å²) in [6, 6.07) is 31.7. The number of fused-ring (bicyclic) bond motifs is 1. The van der Waals surface area contributed by atoms with Gasteiger partial charge in [0.05, 0.1) is 24.9 Å². The van der Waals surface area contributed by atoms with Crippen molar-refractivity contribution in [3.05, 3.63) is 121 Å². The normalized spacial score (nSPS) is 13.3. The molecule has 9 heteroatoms. The van der Waals surface area contributed by atoms with E-state index in [1.165, 1.54) is 9.80 Å². The standard InChI is InChI=1S/C36H34N3O6/c1-25(2)38(28-18-20-29(44-3)21-19-28)33(40)23-37-31-16-10-11-17-32(31)39(27-14-8-5-9-15-27)36(43)30(35(37)42)22-34(41)45-24-26-12-6-4-7-13-26/h4-21,25H,22-24H2,1-3H3. The van der Waals surface area contributed by atoms with Crippen molar-refractivity contribution >= 4 is 46.4 Å². The highest BCUT2D eigenvalue weighted by Crippen LogP contribution is 2.40. The topological polar surface area (TPSA) is 96.5 Å². The number of ether oxygens (including phenoxy) is 2. The van der Waals surface area contributed by atoms with Crippen LogP contribution in [0.15, 0.2) is 109 Å². The SMILES string of the molecule is COc1ccc(N(C(=O)CN2C(=O)[C](CC(=O)OCc3ccccc3)C(=O)N(c3ccccc3)c3ccccc32)C(C)C)cc1. The Balaban J connectivity index is 1.51. The van der Waals surface area contributed by atoms with Crippen LogP contribution in [0.2, 0.25) is 0 Å². The zero-order valence-corrected chi connectivity index (χ0v) is 25.4. The Kier molecular flexibility index (Phi) is 9.57. The first-order valence-electron chi connectivity index (χ1n) is 14.6. The summed E-state index contributed by atoms with van der Waals surface area (Å²) in [5, 5.41) is 0. The molecule has 1 radical (unpaired) electrons. The lowest BCUT2D eigenvalue weighted by atomic mass is 10.0. The first kappa shape index (κ1) is 31.0. The molecule has 45 heavy (non-hydrogen) atoms. The minimum atomic E-state index is -0.741. The van der Waals surface area contributed by atoms with Crippen molar-refractivity contribution in [2.24, 2.45) is 0 Å². The van der Waals surface area contributed by atoms with Crippen molar-refractivity contribution in [3.8, 4) is 5.75 Å². The molecule has 4 aromatic rings. The highest BCUT2D eigenvalue weighted by molar-refractivity contribution is 6.31. The number of anilines is 4. The molecule has 0 bridgehead atoms. The van der Waals surface area contributed by atoms with E-state index >= 15 is 0 Å². The summed E-state index contributed by atoms with van der Waals surface area (Å²) in [6.45, 7) is 3.37. The first-order valence-corrected chi connectivity index (χ1v) is 14.6. The third-order valence-electron chi connectivity index (χ3n) is 7.39. The number of carbonyl (C=O) groups is 4. The van der Waals surface area contributed by atoms with Crippen LogP contribution in [0.3, 0.4) is 0 Å². The van der Waals surface area contributed by atoms with Gasteiger partial charge < -0.3 is 14.4 Å². The molecule has 0 saturated heterocycles. The summed E-state index contributed by atoms with van der Waals surface area (Å²) in [7, 11) is 1.56. The predicted molar refractivity (Wildman–Crippen MR) is 172 cm³/mol. The smallest absolute Gasteiger partial charge is 0.307 e. The number of rotatable bonds is 10. The van der Waals surface area contributed by atoms with E-state index < -0.39 is 24.2 Å². The number of hydrogen-bond donors (Lipinski definition) is 0. The number of carbonyl (C=O) groups excluding carboxylic acids is 4. The number of methoxy groups -OCH3 is 1. The Morgan fingerprint density at radius 1 is 0.756 bits per heavy atom. The average Bonchev–Trinajstić information content (AvgIpc) is 3.14.